The van der Waals surface area contributed by atoms with Gasteiger partial charge in [0.05, 0.1) is 10.0 Å². The van der Waals surface area contributed by atoms with Crippen LogP contribution in [0.2, 0.25) is 10.0 Å². The Morgan fingerprint density at radius 2 is 1.90 bits per heavy atom. The van der Waals surface area contributed by atoms with Crippen molar-refractivity contribution in [2.45, 2.75) is 69.0 Å². The fourth-order valence-electron chi connectivity index (χ4n) is 5.95. The average molecular weight is 446 g/mol. The molecule has 5 rings (SSSR count). The molecule has 0 heterocycles. The zero-order valence-corrected chi connectivity index (χ0v) is 19.4. The fourth-order valence-corrected chi connectivity index (χ4v) is 6.98. The zero-order valence-electron chi connectivity index (χ0n) is 17.1. The Morgan fingerprint density at radius 3 is 2.59 bits per heavy atom. The van der Waals surface area contributed by atoms with E-state index in [1.54, 1.807) is 28.6 Å². The Kier molecular flexibility index (Phi) is 5.44. The molecule has 0 saturated heterocycles. The van der Waals surface area contributed by atoms with Crippen molar-refractivity contribution in [1.82, 2.24) is 4.72 Å². The van der Waals surface area contributed by atoms with E-state index in [9.17, 15) is 0 Å². The van der Waals surface area contributed by atoms with Crippen LogP contribution in [0, 0.1) is 5.41 Å². The minimum Gasteiger partial charge on any atom is -0.264 e. The van der Waals surface area contributed by atoms with Gasteiger partial charge in [0.15, 0.2) is 0 Å². The first-order valence-electron chi connectivity index (χ1n) is 11.0. The molecule has 2 aromatic carbocycles. The number of aryl methyl sites for hydroxylation is 1. The number of hydrogen-bond acceptors (Lipinski definition) is 2. The van der Waals surface area contributed by atoms with Crippen LogP contribution in [0.15, 0.2) is 36.4 Å². The van der Waals surface area contributed by atoms with E-state index < -0.39 is 0 Å². The van der Waals surface area contributed by atoms with Crippen LogP contribution >= 0.6 is 35.1 Å². The molecule has 1 unspecified atom stereocenters. The highest BCUT2D eigenvalue weighted by atomic mass is 35.5. The lowest BCUT2D eigenvalue weighted by atomic mass is 9.63. The Balaban J connectivity index is 1.24. The predicted octanol–water partition coefficient (Wildman–Crippen LogP) is 7.68. The zero-order chi connectivity index (χ0) is 20.1. The van der Waals surface area contributed by atoms with Gasteiger partial charge in [0.1, 0.15) is 0 Å². The van der Waals surface area contributed by atoms with Crippen LogP contribution in [0.25, 0.3) is 0 Å². The molecule has 3 aliphatic carbocycles. The number of halogens is 2. The summed E-state index contributed by atoms with van der Waals surface area (Å²) < 4.78 is 3.60. The lowest BCUT2D eigenvalue weighted by Gasteiger charge is -2.41. The molecule has 2 fully saturated rings. The highest BCUT2D eigenvalue weighted by Crippen LogP contribution is 2.77. The molecular formula is C25H29Cl2NS. The number of hydrogen-bond donors (Lipinski definition) is 1. The van der Waals surface area contributed by atoms with Crippen molar-refractivity contribution in [2.75, 3.05) is 6.54 Å². The molecule has 2 saturated carbocycles. The normalized spacial score (nSPS) is 22.7. The lowest BCUT2D eigenvalue weighted by molar-refractivity contribution is 0.284. The first-order chi connectivity index (χ1) is 14.1. The molecule has 4 heteroatoms. The van der Waals surface area contributed by atoms with Crippen molar-refractivity contribution in [2.24, 2.45) is 5.41 Å². The average Bonchev–Trinajstić information content (AvgIpc) is 3.64. The predicted molar refractivity (Wildman–Crippen MR) is 126 cm³/mol. The van der Waals surface area contributed by atoms with E-state index in [1.165, 1.54) is 50.5 Å². The Labute approximate surface area is 189 Å². The van der Waals surface area contributed by atoms with Crippen LogP contribution in [-0.2, 0) is 17.6 Å². The topological polar surface area (TPSA) is 12.0 Å². The van der Waals surface area contributed by atoms with Crippen LogP contribution in [0.4, 0.5) is 0 Å². The van der Waals surface area contributed by atoms with Gasteiger partial charge in [-0.25, -0.2) is 0 Å². The summed E-state index contributed by atoms with van der Waals surface area (Å²) in [5.41, 5.74) is 7.48. The molecule has 2 aromatic rings. The van der Waals surface area contributed by atoms with Gasteiger partial charge in [-0.2, -0.15) is 0 Å². The molecular weight excluding hydrogens is 417 g/mol. The second-order valence-electron chi connectivity index (χ2n) is 9.22. The van der Waals surface area contributed by atoms with Gasteiger partial charge in [-0.05, 0) is 90.7 Å². The summed E-state index contributed by atoms with van der Waals surface area (Å²) in [6.07, 6.45) is 9.59. The van der Waals surface area contributed by atoms with E-state index in [0.717, 1.165) is 12.3 Å². The number of nitrogens with one attached hydrogen (secondary N) is 1. The van der Waals surface area contributed by atoms with Gasteiger partial charge in [-0.3, -0.25) is 4.72 Å². The molecule has 1 nitrogen and oxygen atoms in total. The minimum absolute atomic E-state index is 0.557. The minimum atomic E-state index is 0.557. The molecule has 154 valence electrons. The van der Waals surface area contributed by atoms with E-state index in [0.29, 0.717) is 26.8 Å². The second-order valence-corrected chi connectivity index (χ2v) is 10.9. The standard InChI is InChI=1S/C25H29Cl2NS/c1-2-18-4-3-5-20-19(15-24(9-10-24)25(11-12-25)23(18)20)8-13-28-29-16-17-6-7-21(26)22(27)14-17/h3-7,14,19,28H,2,8-13,15-16H2,1H3. The van der Waals surface area contributed by atoms with Crippen molar-refractivity contribution in [1.29, 1.82) is 0 Å². The Bertz CT molecular complexity index is 917. The van der Waals surface area contributed by atoms with Crippen LogP contribution in [0.3, 0.4) is 0 Å². The van der Waals surface area contributed by atoms with Gasteiger partial charge in [-0.15, -0.1) is 0 Å². The molecule has 0 aliphatic heterocycles. The molecule has 1 N–H and O–H groups in total. The van der Waals surface area contributed by atoms with E-state index in [1.807, 2.05) is 12.1 Å². The molecule has 2 spiro atoms. The summed E-state index contributed by atoms with van der Waals surface area (Å²) in [6, 6.07) is 13.0. The summed E-state index contributed by atoms with van der Waals surface area (Å²) in [5, 5.41) is 1.26. The van der Waals surface area contributed by atoms with Gasteiger partial charge in [0.25, 0.3) is 0 Å². The van der Waals surface area contributed by atoms with Crippen LogP contribution in [0.5, 0.6) is 0 Å². The van der Waals surface area contributed by atoms with Crippen LogP contribution in [-0.4, -0.2) is 6.54 Å². The molecule has 29 heavy (non-hydrogen) atoms. The van der Waals surface area contributed by atoms with E-state index >= 15 is 0 Å². The quantitative estimate of drug-likeness (QED) is 0.346. The van der Waals surface area contributed by atoms with Crippen LogP contribution < -0.4 is 4.72 Å². The Morgan fingerprint density at radius 1 is 1.07 bits per heavy atom. The van der Waals surface area contributed by atoms with Crippen LogP contribution in [0.1, 0.15) is 73.6 Å². The molecule has 0 radical (unpaired) electrons. The summed E-state index contributed by atoms with van der Waals surface area (Å²) >= 11 is 13.9. The first kappa shape index (κ1) is 20.2. The summed E-state index contributed by atoms with van der Waals surface area (Å²) in [6.45, 7) is 3.38. The largest absolute Gasteiger partial charge is 0.264 e. The van der Waals surface area contributed by atoms with Gasteiger partial charge in [0, 0.05) is 17.7 Å². The van der Waals surface area contributed by atoms with E-state index in [-0.39, 0.29) is 0 Å². The van der Waals surface area contributed by atoms with E-state index in [4.69, 9.17) is 23.2 Å². The Hall–Kier alpha value is -0.670. The maximum Gasteiger partial charge on any atom is 0.0595 e. The van der Waals surface area contributed by atoms with Gasteiger partial charge in [-0.1, -0.05) is 66.3 Å². The van der Waals surface area contributed by atoms with Crippen molar-refractivity contribution in [3.8, 4) is 0 Å². The highest BCUT2D eigenvalue weighted by Gasteiger charge is 2.68. The third-order valence-electron chi connectivity index (χ3n) is 7.66. The number of rotatable bonds is 7. The third-order valence-corrected chi connectivity index (χ3v) is 9.28. The monoisotopic (exact) mass is 445 g/mol. The SMILES string of the molecule is CCc1cccc2c1C1(CC1)C1(CC1)CC2CCNSCc1ccc(Cl)c(Cl)c1. The van der Waals surface area contributed by atoms with Crippen molar-refractivity contribution in [3.05, 3.63) is 68.7 Å². The van der Waals surface area contributed by atoms with Crippen molar-refractivity contribution in [3.63, 3.8) is 0 Å². The maximum absolute atomic E-state index is 6.13. The van der Waals surface area contributed by atoms with Gasteiger partial charge < -0.3 is 0 Å². The smallest absolute Gasteiger partial charge is 0.0595 e. The van der Waals surface area contributed by atoms with Gasteiger partial charge >= 0.3 is 0 Å². The first-order valence-corrected chi connectivity index (χ1v) is 12.7. The number of fused-ring (bicyclic) bond motifs is 3. The van der Waals surface area contributed by atoms with Crippen molar-refractivity contribution < 1.29 is 0 Å². The molecule has 3 aliphatic rings. The summed E-state index contributed by atoms with van der Waals surface area (Å²) in [5.74, 6) is 1.62. The second kappa shape index (κ2) is 7.79. The lowest BCUT2D eigenvalue weighted by Crippen LogP contribution is -2.33. The number of benzene rings is 2. The highest BCUT2D eigenvalue weighted by molar-refractivity contribution is 7.96. The fraction of sp³-hybridized carbons (Fsp3) is 0.520. The summed E-state index contributed by atoms with van der Waals surface area (Å²) in [4.78, 5) is 0. The molecule has 0 amide bonds. The molecule has 0 bridgehead atoms. The van der Waals surface area contributed by atoms with Crippen molar-refractivity contribution >= 4 is 35.1 Å². The van der Waals surface area contributed by atoms with Gasteiger partial charge in [0.2, 0.25) is 0 Å². The summed E-state index contributed by atoms with van der Waals surface area (Å²) in [7, 11) is 0. The molecule has 0 aromatic heterocycles. The molecule has 1 atom stereocenters. The maximum atomic E-state index is 6.13. The third kappa shape index (κ3) is 3.55. The van der Waals surface area contributed by atoms with E-state index in [2.05, 4.69) is 35.9 Å².